The minimum atomic E-state index is -1.87. The van der Waals surface area contributed by atoms with Crippen LogP contribution in [0.5, 0.6) is 0 Å². The maximum absolute atomic E-state index is 12.3. The van der Waals surface area contributed by atoms with Gasteiger partial charge in [0, 0.05) is 6.42 Å². The van der Waals surface area contributed by atoms with Gasteiger partial charge in [-0.3, -0.25) is 9.59 Å². The molecule has 0 saturated carbocycles. The van der Waals surface area contributed by atoms with Gasteiger partial charge in [0.25, 0.3) is 0 Å². The molecule has 0 aliphatic rings. The van der Waals surface area contributed by atoms with E-state index in [0.717, 1.165) is 0 Å². The number of ether oxygens (including phenoxy) is 2. The number of rotatable bonds is 9. The quantitative estimate of drug-likeness (QED) is 0.230. The van der Waals surface area contributed by atoms with E-state index in [4.69, 9.17) is 13.9 Å². The van der Waals surface area contributed by atoms with Gasteiger partial charge in [-0.1, -0.05) is 48.9 Å². The largest absolute Gasteiger partial charge is 0.468 e. The number of halogens is 1. The molecule has 0 aliphatic heterocycles. The lowest BCUT2D eigenvalue weighted by atomic mass is 9.81. The summed E-state index contributed by atoms with van der Waals surface area (Å²) in [5, 5.41) is 0.109. The number of methoxy groups -OCH3 is 2. The molecule has 0 saturated heterocycles. The molecule has 5 nitrogen and oxygen atoms in total. The van der Waals surface area contributed by atoms with Crippen LogP contribution in [0.2, 0.25) is 18.1 Å². The van der Waals surface area contributed by atoms with Crippen LogP contribution >= 0.6 is 15.9 Å². The van der Waals surface area contributed by atoms with Crippen molar-refractivity contribution in [2.75, 3.05) is 20.8 Å². The number of hydrogen-bond acceptors (Lipinski definition) is 5. The van der Waals surface area contributed by atoms with Crippen molar-refractivity contribution in [1.82, 2.24) is 0 Å². The fraction of sp³-hybridized carbons (Fsp3) is 0.667. The average molecular weight is 435 g/mol. The summed E-state index contributed by atoms with van der Waals surface area (Å²) >= 11 is 3.44. The Morgan fingerprint density at radius 1 is 1.12 bits per heavy atom. The van der Waals surface area contributed by atoms with Gasteiger partial charge in [-0.15, -0.1) is 6.58 Å². The summed E-state index contributed by atoms with van der Waals surface area (Å²) < 4.78 is 16.4. The molecule has 0 bridgehead atoms. The fourth-order valence-electron chi connectivity index (χ4n) is 2.02. The van der Waals surface area contributed by atoms with E-state index >= 15 is 0 Å². The highest BCUT2D eigenvalue weighted by Crippen LogP contribution is 2.38. The summed E-state index contributed by atoms with van der Waals surface area (Å²) in [7, 11) is 0.635. The van der Waals surface area contributed by atoms with Gasteiger partial charge < -0.3 is 13.9 Å². The predicted octanol–water partition coefficient (Wildman–Crippen LogP) is 4.59. The molecule has 0 atom stereocenters. The minimum Gasteiger partial charge on any atom is -0.468 e. The van der Waals surface area contributed by atoms with E-state index in [9.17, 15) is 9.59 Å². The van der Waals surface area contributed by atoms with Crippen molar-refractivity contribution in [2.24, 2.45) is 5.41 Å². The summed E-state index contributed by atoms with van der Waals surface area (Å²) in [4.78, 5) is 24.6. The van der Waals surface area contributed by atoms with Crippen molar-refractivity contribution < 1.29 is 23.5 Å². The van der Waals surface area contributed by atoms with E-state index in [1.54, 1.807) is 0 Å². The monoisotopic (exact) mass is 434 g/mol. The molecule has 0 aliphatic carbocycles. The number of hydrogen-bond donors (Lipinski definition) is 0. The van der Waals surface area contributed by atoms with Gasteiger partial charge in [-0.2, -0.15) is 0 Å². The lowest BCUT2D eigenvalue weighted by molar-refractivity contribution is -0.168. The third-order valence-corrected chi connectivity index (χ3v) is 9.78. The smallest absolute Gasteiger partial charge is 0.323 e. The maximum atomic E-state index is 12.3. The van der Waals surface area contributed by atoms with Crippen LogP contribution in [-0.4, -0.2) is 41.1 Å². The first-order valence-corrected chi connectivity index (χ1v) is 11.8. The summed E-state index contributed by atoms with van der Waals surface area (Å²) in [5.41, 5.74) is -1.45. The van der Waals surface area contributed by atoms with Gasteiger partial charge in [-0.05, 0) is 29.0 Å². The molecule has 144 valence electrons. The maximum Gasteiger partial charge on any atom is 0.323 e. The van der Waals surface area contributed by atoms with Crippen LogP contribution in [0.25, 0.3) is 0 Å². The van der Waals surface area contributed by atoms with Crippen LogP contribution in [0.4, 0.5) is 0 Å². The molecular weight excluding hydrogens is 404 g/mol. The molecule has 0 rings (SSSR count). The number of carbonyl (C=O) groups excluding carboxylic acids is 2. The summed E-state index contributed by atoms with van der Waals surface area (Å²) in [6.07, 6.45) is 3.60. The average Bonchev–Trinajstić information content (AvgIpc) is 2.51. The van der Waals surface area contributed by atoms with Crippen molar-refractivity contribution >= 4 is 36.2 Å². The highest BCUT2D eigenvalue weighted by molar-refractivity contribution is 9.11. The zero-order chi connectivity index (χ0) is 19.9. The SMILES string of the molecule is C=CCC(C/C(Br)=C\CO[Si](C)(C)C(C)(C)C)(C(=O)OC)C(=O)OC. The van der Waals surface area contributed by atoms with Gasteiger partial charge in [0.1, 0.15) is 0 Å². The molecule has 0 heterocycles. The second kappa shape index (κ2) is 9.69. The standard InChI is InChI=1S/C18H31BrO5Si/c1-9-11-18(15(20)22-5,16(21)23-6)13-14(19)10-12-24-25(7,8)17(2,3)4/h9-10H,1,11-13H2,2-8H3/b14-10+. The van der Waals surface area contributed by atoms with Crippen LogP contribution in [0, 0.1) is 5.41 Å². The Labute approximate surface area is 161 Å². The van der Waals surface area contributed by atoms with Crippen molar-refractivity contribution in [3.63, 3.8) is 0 Å². The molecule has 7 heteroatoms. The Kier molecular flexibility index (Phi) is 9.33. The van der Waals surface area contributed by atoms with Crippen LogP contribution < -0.4 is 0 Å². The molecule has 0 aromatic carbocycles. The second-order valence-corrected chi connectivity index (χ2v) is 13.3. The number of esters is 2. The Morgan fingerprint density at radius 3 is 1.96 bits per heavy atom. The first-order valence-electron chi connectivity index (χ1n) is 8.14. The highest BCUT2D eigenvalue weighted by atomic mass is 79.9. The van der Waals surface area contributed by atoms with Crippen molar-refractivity contribution in [3.05, 3.63) is 23.2 Å². The third-order valence-electron chi connectivity index (χ3n) is 4.67. The Balaban J connectivity index is 5.33. The number of allylic oxidation sites excluding steroid dienone is 2. The second-order valence-electron chi connectivity index (χ2n) is 7.46. The zero-order valence-electron chi connectivity index (χ0n) is 16.4. The minimum absolute atomic E-state index is 0.109. The van der Waals surface area contributed by atoms with Gasteiger partial charge in [0.05, 0.1) is 20.8 Å². The van der Waals surface area contributed by atoms with Gasteiger partial charge in [0.2, 0.25) is 0 Å². The van der Waals surface area contributed by atoms with E-state index in [1.807, 2.05) is 6.08 Å². The molecule has 0 N–H and O–H groups in total. The van der Waals surface area contributed by atoms with E-state index in [1.165, 1.54) is 20.3 Å². The summed E-state index contributed by atoms with van der Waals surface area (Å²) in [5.74, 6) is -1.29. The van der Waals surface area contributed by atoms with E-state index in [2.05, 4.69) is 56.4 Å². The first kappa shape index (κ1) is 24.1. The Hall–Kier alpha value is -0.923. The van der Waals surface area contributed by atoms with Crippen LogP contribution in [-0.2, 0) is 23.5 Å². The molecule has 0 fully saturated rings. The van der Waals surface area contributed by atoms with Gasteiger partial charge in [-0.25, -0.2) is 0 Å². The molecule has 0 radical (unpaired) electrons. The molecule has 0 spiro atoms. The third kappa shape index (κ3) is 6.38. The van der Waals surface area contributed by atoms with Crippen molar-refractivity contribution in [2.45, 2.75) is 51.7 Å². The topological polar surface area (TPSA) is 61.8 Å². The Bertz CT molecular complexity index is 504. The van der Waals surface area contributed by atoms with Crippen molar-refractivity contribution in [1.29, 1.82) is 0 Å². The van der Waals surface area contributed by atoms with Crippen LogP contribution in [0.1, 0.15) is 33.6 Å². The molecule has 0 amide bonds. The van der Waals surface area contributed by atoms with Crippen LogP contribution in [0.3, 0.4) is 0 Å². The fourth-order valence-corrected chi connectivity index (χ4v) is 3.56. The van der Waals surface area contributed by atoms with Gasteiger partial charge >= 0.3 is 11.9 Å². The van der Waals surface area contributed by atoms with Gasteiger partial charge in [0.15, 0.2) is 13.7 Å². The molecule has 0 unspecified atom stereocenters. The summed E-state index contributed by atoms with van der Waals surface area (Å²) in [6.45, 7) is 14.9. The molecule has 25 heavy (non-hydrogen) atoms. The van der Waals surface area contributed by atoms with Crippen molar-refractivity contribution in [3.8, 4) is 0 Å². The number of carbonyl (C=O) groups is 2. The Morgan fingerprint density at radius 2 is 1.60 bits per heavy atom. The normalized spacial score (nSPS) is 13.4. The molecular formula is C18H31BrO5Si. The zero-order valence-corrected chi connectivity index (χ0v) is 19.0. The van der Waals surface area contributed by atoms with E-state index in [0.29, 0.717) is 11.1 Å². The highest BCUT2D eigenvalue weighted by Gasteiger charge is 2.47. The first-order chi connectivity index (χ1) is 11.4. The molecule has 0 aromatic rings. The lowest BCUT2D eigenvalue weighted by Crippen LogP contribution is -2.41. The predicted molar refractivity (Wildman–Crippen MR) is 106 cm³/mol. The summed E-state index contributed by atoms with van der Waals surface area (Å²) in [6, 6.07) is 0. The van der Waals surface area contributed by atoms with Crippen LogP contribution in [0.15, 0.2) is 23.2 Å². The van der Waals surface area contributed by atoms with E-state index < -0.39 is 25.7 Å². The molecule has 0 aromatic heterocycles. The lowest BCUT2D eigenvalue weighted by Gasteiger charge is -2.35. The van der Waals surface area contributed by atoms with E-state index in [-0.39, 0.29) is 17.9 Å².